The maximum Gasteiger partial charge on any atom is 0.256 e. The Bertz CT molecular complexity index is 1070. The van der Waals surface area contributed by atoms with Gasteiger partial charge in [0.1, 0.15) is 24.0 Å². The van der Waals surface area contributed by atoms with Gasteiger partial charge in [0.25, 0.3) is 5.56 Å². The number of rotatable bonds is 4. The van der Waals surface area contributed by atoms with Gasteiger partial charge < -0.3 is 15.0 Å². The molecule has 2 aromatic carbocycles. The van der Waals surface area contributed by atoms with Crippen LogP contribution in [0.25, 0.3) is 0 Å². The van der Waals surface area contributed by atoms with E-state index in [1.807, 2.05) is 36.4 Å². The third-order valence-electron chi connectivity index (χ3n) is 4.88. The lowest BCUT2D eigenvalue weighted by Crippen LogP contribution is -2.31. The van der Waals surface area contributed by atoms with Crippen LogP contribution >= 0.6 is 0 Å². The lowest BCUT2D eigenvalue weighted by molar-refractivity contribution is -0.116. The standard InChI is InChI=1S/C22H21N3O3/c1-13-3-5-15(6-4-13)12-28-17-9-7-16(8-10-17)18-11-19(26)25-21-20(18)22(27)24-14(2)23-21/h3-10,18H,11-12H2,1-2H3,(H2,23,24,25,26,27)/t18-/m1/s1. The Hall–Kier alpha value is -3.41. The number of hydrogen-bond acceptors (Lipinski definition) is 4. The van der Waals surface area contributed by atoms with Crippen LogP contribution in [-0.2, 0) is 11.4 Å². The summed E-state index contributed by atoms with van der Waals surface area (Å²) < 4.78 is 5.84. The highest BCUT2D eigenvalue weighted by molar-refractivity contribution is 5.94. The van der Waals surface area contributed by atoms with Crippen LogP contribution in [0.15, 0.2) is 53.3 Å². The summed E-state index contributed by atoms with van der Waals surface area (Å²) in [7, 11) is 0. The fourth-order valence-corrected chi connectivity index (χ4v) is 3.42. The van der Waals surface area contributed by atoms with Crippen LogP contribution in [0.5, 0.6) is 5.75 Å². The SMILES string of the molecule is Cc1ccc(COc2ccc([C@H]3CC(=O)Nc4nc(C)[nH]c(=O)c43)cc2)cc1. The fourth-order valence-electron chi connectivity index (χ4n) is 3.42. The molecule has 4 rings (SSSR count). The Morgan fingerprint density at radius 2 is 1.75 bits per heavy atom. The van der Waals surface area contributed by atoms with Gasteiger partial charge in [0, 0.05) is 12.3 Å². The van der Waals surface area contributed by atoms with Crippen LogP contribution < -0.4 is 15.6 Å². The van der Waals surface area contributed by atoms with Gasteiger partial charge in [0.15, 0.2) is 0 Å². The molecule has 1 aromatic heterocycles. The van der Waals surface area contributed by atoms with E-state index in [4.69, 9.17) is 4.74 Å². The molecule has 0 unspecified atom stereocenters. The van der Waals surface area contributed by atoms with Crippen LogP contribution in [0.1, 0.15) is 40.4 Å². The Morgan fingerprint density at radius 1 is 1.04 bits per heavy atom. The van der Waals surface area contributed by atoms with Gasteiger partial charge in [0.2, 0.25) is 5.91 Å². The first-order valence-electron chi connectivity index (χ1n) is 9.18. The van der Waals surface area contributed by atoms with Crippen molar-refractivity contribution in [2.75, 3.05) is 5.32 Å². The summed E-state index contributed by atoms with van der Waals surface area (Å²) in [6.07, 6.45) is 0.213. The number of carbonyl (C=O) groups is 1. The van der Waals surface area contributed by atoms with E-state index in [9.17, 15) is 9.59 Å². The predicted octanol–water partition coefficient (Wildman–Crippen LogP) is 3.44. The van der Waals surface area contributed by atoms with Crippen molar-refractivity contribution in [1.29, 1.82) is 0 Å². The Balaban J connectivity index is 1.55. The molecule has 142 valence electrons. The van der Waals surface area contributed by atoms with Crippen molar-refractivity contribution in [3.8, 4) is 5.75 Å². The van der Waals surface area contributed by atoms with Crippen molar-refractivity contribution >= 4 is 11.7 Å². The summed E-state index contributed by atoms with van der Waals surface area (Å²) in [5.74, 6) is 1.09. The Morgan fingerprint density at radius 3 is 2.46 bits per heavy atom. The summed E-state index contributed by atoms with van der Waals surface area (Å²) in [6, 6.07) is 15.7. The molecule has 28 heavy (non-hydrogen) atoms. The van der Waals surface area contributed by atoms with Gasteiger partial charge in [-0.3, -0.25) is 9.59 Å². The number of carbonyl (C=O) groups excluding carboxylic acids is 1. The molecule has 1 aliphatic rings. The molecule has 0 spiro atoms. The van der Waals surface area contributed by atoms with E-state index >= 15 is 0 Å². The molecular weight excluding hydrogens is 354 g/mol. The molecule has 6 heteroatoms. The number of benzene rings is 2. The minimum atomic E-state index is -0.327. The quantitative estimate of drug-likeness (QED) is 0.732. The van der Waals surface area contributed by atoms with E-state index in [0.717, 1.165) is 16.9 Å². The molecule has 0 bridgehead atoms. The van der Waals surface area contributed by atoms with Crippen LogP contribution in [0.2, 0.25) is 0 Å². The van der Waals surface area contributed by atoms with Crippen LogP contribution in [0.4, 0.5) is 5.82 Å². The third-order valence-corrected chi connectivity index (χ3v) is 4.88. The number of hydrogen-bond donors (Lipinski definition) is 2. The lowest BCUT2D eigenvalue weighted by atomic mass is 9.87. The number of amides is 1. The number of ether oxygens (including phenoxy) is 1. The highest BCUT2D eigenvalue weighted by Crippen LogP contribution is 2.34. The monoisotopic (exact) mass is 375 g/mol. The summed E-state index contributed by atoms with van der Waals surface area (Å²) in [4.78, 5) is 31.5. The number of nitrogens with one attached hydrogen (secondary N) is 2. The van der Waals surface area contributed by atoms with E-state index in [2.05, 4.69) is 34.3 Å². The Kier molecular flexibility index (Phi) is 4.69. The van der Waals surface area contributed by atoms with E-state index < -0.39 is 0 Å². The van der Waals surface area contributed by atoms with Crippen molar-refractivity contribution in [3.63, 3.8) is 0 Å². The van der Waals surface area contributed by atoms with Crippen molar-refractivity contribution in [2.24, 2.45) is 0 Å². The summed E-state index contributed by atoms with van der Waals surface area (Å²) >= 11 is 0. The Labute approximate surface area is 162 Å². The maximum absolute atomic E-state index is 12.5. The van der Waals surface area contributed by atoms with Crippen molar-refractivity contribution < 1.29 is 9.53 Å². The second-order valence-corrected chi connectivity index (χ2v) is 7.06. The molecule has 0 fully saturated rings. The number of nitrogens with zero attached hydrogens (tertiary/aromatic N) is 1. The molecule has 0 radical (unpaired) electrons. The summed E-state index contributed by atoms with van der Waals surface area (Å²) in [5.41, 5.74) is 3.48. The van der Waals surface area contributed by atoms with Gasteiger partial charge in [-0.25, -0.2) is 4.98 Å². The van der Waals surface area contributed by atoms with E-state index in [0.29, 0.717) is 23.8 Å². The zero-order valence-corrected chi connectivity index (χ0v) is 15.8. The molecule has 1 atom stereocenters. The molecule has 6 nitrogen and oxygen atoms in total. The van der Waals surface area contributed by atoms with Crippen LogP contribution in [0.3, 0.4) is 0 Å². The number of anilines is 1. The van der Waals surface area contributed by atoms with Gasteiger partial charge in [0.05, 0.1) is 5.56 Å². The highest BCUT2D eigenvalue weighted by Gasteiger charge is 2.30. The summed E-state index contributed by atoms with van der Waals surface area (Å²) in [5, 5.41) is 2.70. The van der Waals surface area contributed by atoms with Crippen molar-refractivity contribution in [1.82, 2.24) is 9.97 Å². The zero-order chi connectivity index (χ0) is 19.7. The number of fused-ring (bicyclic) bond motifs is 1. The average molecular weight is 375 g/mol. The lowest BCUT2D eigenvalue weighted by Gasteiger charge is -2.24. The van der Waals surface area contributed by atoms with Crippen LogP contribution in [-0.4, -0.2) is 15.9 Å². The smallest absolute Gasteiger partial charge is 0.256 e. The molecule has 0 saturated carbocycles. The molecule has 2 heterocycles. The number of aryl methyl sites for hydroxylation is 2. The second kappa shape index (κ2) is 7.31. The first-order valence-corrected chi connectivity index (χ1v) is 9.18. The number of H-pyrrole nitrogens is 1. The van der Waals surface area contributed by atoms with Crippen molar-refractivity contribution in [2.45, 2.75) is 32.8 Å². The van der Waals surface area contributed by atoms with Gasteiger partial charge in [-0.1, -0.05) is 42.0 Å². The van der Waals surface area contributed by atoms with Gasteiger partial charge in [-0.05, 0) is 37.1 Å². The fraction of sp³-hybridized carbons (Fsp3) is 0.227. The van der Waals surface area contributed by atoms with Crippen molar-refractivity contribution in [3.05, 3.63) is 87.0 Å². The largest absolute Gasteiger partial charge is 0.489 e. The molecule has 1 aliphatic heterocycles. The molecule has 0 saturated heterocycles. The highest BCUT2D eigenvalue weighted by atomic mass is 16.5. The van der Waals surface area contributed by atoms with E-state index in [1.54, 1.807) is 6.92 Å². The minimum Gasteiger partial charge on any atom is -0.489 e. The average Bonchev–Trinajstić information content (AvgIpc) is 2.67. The van der Waals surface area contributed by atoms with Gasteiger partial charge in [-0.15, -0.1) is 0 Å². The third kappa shape index (κ3) is 3.67. The first kappa shape index (κ1) is 18.0. The van der Waals surface area contributed by atoms with Gasteiger partial charge >= 0.3 is 0 Å². The first-order chi connectivity index (χ1) is 13.5. The van der Waals surface area contributed by atoms with Gasteiger partial charge in [-0.2, -0.15) is 0 Å². The number of aromatic amines is 1. The topological polar surface area (TPSA) is 84.1 Å². The summed E-state index contributed by atoms with van der Waals surface area (Å²) in [6.45, 7) is 4.23. The molecule has 3 aromatic rings. The molecule has 2 N–H and O–H groups in total. The predicted molar refractivity (Wildman–Crippen MR) is 107 cm³/mol. The molecule has 1 amide bonds. The number of aromatic nitrogens is 2. The zero-order valence-electron chi connectivity index (χ0n) is 15.8. The molecular formula is C22H21N3O3. The van der Waals surface area contributed by atoms with E-state index in [-0.39, 0.29) is 23.8 Å². The molecule has 0 aliphatic carbocycles. The minimum absolute atomic E-state index is 0.144. The normalized spacial score (nSPS) is 15.6. The second-order valence-electron chi connectivity index (χ2n) is 7.06. The maximum atomic E-state index is 12.5. The van der Waals surface area contributed by atoms with E-state index in [1.165, 1.54) is 5.56 Å². The van der Waals surface area contributed by atoms with Crippen LogP contribution in [0, 0.1) is 13.8 Å².